The van der Waals surface area contributed by atoms with Crippen molar-refractivity contribution in [2.75, 3.05) is 19.8 Å². The van der Waals surface area contributed by atoms with E-state index in [0.717, 1.165) is 25.7 Å². The fourth-order valence-electron chi connectivity index (χ4n) is 3.69. The zero-order valence-corrected chi connectivity index (χ0v) is 18.3. The lowest BCUT2D eigenvalue weighted by atomic mass is 9.90. The van der Waals surface area contributed by atoms with Gasteiger partial charge in [-0.15, -0.1) is 0 Å². The van der Waals surface area contributed by atoms with E-state index in [2.05, 4.69) is 6.92 Å². The summed E-state index contributed by atoms with van der Waals surface area (Å²) in [7, 11) is 0. The molecule has 0 aromatic heterocycles. The zero-order valence-electron chi connectivity index (χ0n) is 18.3. The Labute approximate surface area is 182 Å². The minimum atomic E-state index is -1.04. The second-order valence-corrected chi connectivity index (χ2v) is 7.94. The fourth-order valence-corrected chi connectivity index (χ4v) is 3.69. The van der Waals surface area contributed by atoms with E-state index in [9.17, 15) is 13.2 Å². The number of halogens is 3. The molecule has 2 unspecified atom stereocenters. The zero-order chi connectivity index (χ0) is 22.2. The van der Waals surface area contributed by atoms with Gasteiger partial charge < -0.3 is 14.2 Å². The number of benzene rings is 2. The third-order valence-electron chi connectivity index (χ3n) is 5.59. The third-order valence-corrected chi connectivity index (χ3v) is 5.59. The van der Waals surface area contributed by atoms with Gasteiger partial charge >= 0.3 is 0 Å². The number of ether oxygens (including phenoxy) is 3. The molecule has 3 rings (SSSR count). The van der Waals surface area contributed by atoms with Crippen molar-refractivity contribution in [1.29, 1.82) is 0 Å². The van der Waals surface area contributed by atoms with Crippen LogP contribution in [0.2, 0.25) is 0 Å². The molecule has 0 N–H and O–H groups in total. The third kappa shape index (κ3) is 6.01. The first-order chi connectivity index (χ1) is 15.0. The summed E-state index contributed by atoms with van der Waals surface area (Å²) in [5.74, 6) is -2.51. The minimum absolute atomic E-state index is 0.00933. The summed E-state index contributed by atoms with van der Waals surface area (Å²) in [4.78, 5) is 0. The van der Waals surface area contributed by atoms with E-state index in [0.29, 0.717) is 31.8 Å². The monoisotopic (exact) mass is 436 g/mol. The van der Waals surface area contributed by atoms with E-state index in [1.165, 1.54) is 24.3 Å². The molecule has 1 saturated heterocycles. The van der Waals surface area contributed by atoms with Crippen LogP contribution in [0.25, 0.3) is 11.1 Å². The van der Waals surface area contributed by atoms with E-state index >= 15 is 0 Å². The highest BCUT2D eigenvalue weighted by atomic mass is 19.2. The molecule has 0 radical (unpaired) electrons. The van der Waals surface area contributed by atoms with Crippen molar-refractivity contribution in [2.24, 2.45) is 0 Å². The van der Waals surface area contributed by atoms with Gasteiger partial charge in [-0.2, -0.15) is 0 Å². The lowest BCUT2D eigenvalue weighted by molar-refractivity contribution is -0.167. The standard InChI is InChI=1S/C25H31F3O3/c1-3-5-13-29-18-8-9-20(22(26)15-18)21-11-10-19(24(27)25(21)28)17-7-12-23(31-16-17)30-14-6-4-2/h8-11,15,17,23H,3-7,12-14,16H2,1-2H3. The summed E-state index contributed by atoms with van der Waals surface area (Å²) in [6.45, 7) is 5.51. The van der Waals surface area contributed by atoms with Crippen LogP contribution in [0, 0.1) is 17.5 Å². The van der Waals surface area contributed by atoms with E-state index in [-0.39, 0.29) is 35.5 Å². The van der Waals surface area contributed by atoms with Gasteiger partial charge in [0.25, 0.3) is 0 Å². The molecule has 0 aliphatic carbocycles. The summed E-state index contributed by atoms with van der Waals surface area (Å²) >= 11 is 0. The van der Waals surface area contributed by atoms with Crippen molar-refractivity contribution in [3.05, 3.63) is 53.3 Å². The van der Waals surface area contributed by atoms with Gasteiger partial charge in [0.05, 0.1) is 13.2 Å². The SMILES string of the molecule is CCCCOc1ccc(-c2ccc(C3CCC(OCCCC)OC3)c(F)c2F)c(F)c1. The summed E-state index contributed by atoms with van der Waals surface area (Å²) < 4.78 is 61.2. The van der Waals surface area contributed by atoms with Crippen LogP contribution in [0.15, 0.2) is 30.3 Å². The number of hydrogen-bond acceptors (Lipinski definition) is 3. The van der Waals surface area contributed by atoms with Crippen molar-refractivity contribution >= 4 is 0 Å². The molecule has 31 heavy (non-hydrogen) atoms. The molecule has 6 heteroatoms. The highest BCUT2D eigenvalue weighted by molar-refractivity contribution is 5.66. The van der Waals surface area contributed by atoms with E-state index in [1.54, 1.807) is 6.07 Å². The molecule has 3 nitrogen and oxygen atoms in total. The van der Waals surface area contributed by atoms with Gasteiger partial charge in [0, 0.05) is 29.7 Å². The van der Waals surface area contributed by atoms with Crippen molar-refractivity contribution in [3.8, 4) is 16.9 Å². The molecule has 0 amide bonds. The molecule has 0 spiro atoms. The van der Waals surface area contributed by atoms with Crippen LogP contribution in [0.4, 0.5) is 13.2 Å². The van der Waals surface area contributed by atoms with Crippen LogP contribution in [0.1, 0.15) is 63.9 Å². The number of rotatable bonds is 10. The van der Waals surface area contributed by atoms with Gasteiger partial charge in [0.15, 0.2) is 17.9 Å². The van der Waals surface area contributed by atoms with Gasteiger partial charge in [-0.1, -0.05) is 38.8 Å². The first-order valence-electron chi connectivity index (χ1n) is 11.2. The van der Waals surface area contributed by atoms with Crippen LogP contribution in [0.5, 0.6) is 5.75 Å². The Kier molecular flexibility index (Phi) is 8.79. The van der Waals surface area contributed by atoms with E-state index in [4.69, 9.17) is 14.2 Å². The molecule has 2 atom stereocenters. The molecule has 2 aromatic carbocycles. The molecule has 0 saturated carbocycles. The van der Waals surface area contributed by atoms with Crippen molar-refractivity contribution in [1.82, 2.24) is 0 Å². The average Bonchev–Trinajstić information content (AvgIpc) is 2.77. The molecule has 1 aliphatic rings. The van der Waals surface area contributed by atoms with Crippen LogP contribution >= 0.6 is 0 Å². The fraction of sp³-hybridized carbons (Fsp3) is 0.520. The van der Waals surface area contributed by atoms with Crippen molar-refractivity contribution < 1.29 is 27.4 Å². The van der Waals surface area contributed by atoms with Crippen LogP contribution in [0.3, 0.4) is 0 Å². The summed E-state index contributed by atoms with van der Waals surface area (Å²) in [6, 6.07) is 7.19. The molecule has 1 fully saturated rings. The average molecular weight is 437 g/mol. The summed E-state index contributed by atoms with van der Waals surface area (Å²) in [6.07, 6.45) is 4.82. The highest BCUT2D eigenvalue weighted by Crippen LogP contribution is 2.35. The first-order valence-corrected chi connectivity index (χ1v) is 11.2. The predicted molar refractivity (Wildman–Crippen MR) is 115 cm³/mol. The predicted octanol–water partition coefficient (Wildman–Crippen LogP) is 6.99. The normalized spacial score (nSPS) is 18.9. The second-order valence-electron chi connectivity index (χ2n) is 7.94. The second kappa shape index (κ2) is 11.5. The van der Waals surface area contributed by atoms with Gasteiger partial charge in [-0.05, 0) is 43.4 Å². The Bertz CT molecular complexity index is 848. The smallest absolute Gasteiger partial charge is 0.167 e. The molecule has 170 valence electrons. The molecular formula is C25H31F3O3. The Hall–Kier alpha value is -2.05. The van der Waals surface area contributed by atoms with Gasteiger partial charge in [-0.25, -0.2) is 13.2 Å². The van der Waals surface area contributed by atoms with Crippen LogP contribution in [-0.4, -0.2) is 26.1 Å². The van der Waals surface area contributed by atoms with Crippen molar-refractivity contribution in [3.63, 3.8) is 0 Å². The molecule has 1 heterocycles. The van der Waals surface area contributed by atoms with Crippen molar-refractivity contribution in [2.45, 2.75) is 64.6 Å². The molecule has 2 aromatic rings. The van der Waals surface area contributed by atoms with Gasteiger partial charge in [0.1, 0.15) is 11.6 Å². The lowest BCUT2D eigenvalue weighted by Crippen LogP contribution is -2.28. The maximum atomic E-state index is 14.9. The Morgan fingerprint density at radius 2 is 1.65 bits per heavy atom. The maximum Gasteiger partial charge on any atom is 0.167 e. The summed E-state index contributed by atoms with van der Waals surface area (Å²) in [5.41, 5.74) is 0.166. The quantitative estimate of drug-likeness (QED) is 0.376. The Morgan fingerprint density at radius 3 is 2.32 bits per heavy atom. The van der Waals surface area contributed by atoms with Crippen LogP contribution < -0.4 is 4.74 Å². The topological polar surface area (TPSA) is 27.7 Å². The Balaban J connectivity index is 1.70. The largest absolute Gasteiger partial charge is 0.493 e. The van der Waals surface area contributed by atoms with E-state index < -0.39 is 17.5 Å². The lowest BCUT2D eigenvalue weighted by Gasteiger charge is -2.29. The van der Waals surface area contributed by atoms with Gasteiger partial charge in [-0.3, -0.25) is 0 Å². The minimum Gasteiger partial charge on any atom is -0.493 e. The number of hydrogen-bond donors (Lipinski definition) is 0. The van der Waals surface area contributed by atoms with E-state index in [1.807, 2.05) is 6.92 Å². The summed E-state index contributed by atoms with van der Waals surface area (Å²) in [5, 5.41) is 0. The first kappa shape index (κ1) is 23.6. The Morgan fingerprint density at radius 1 is 0.903 bits per heavy atom. The number of unbranched alkanes of at least 4 members (excludes halogenated alkanes) is 2. The van der Waals surface area contributed by atoms with Crippen LogP contribution in [-0.2, 0) is 9.47 Å². The highest BCUT2D eigenvalue weighted by Gasteiger charge is 2.27. The molecule has 0 bridgehead atoms. The molecule has 1 aliphatic heterocycles. The molecular weight excluding hydrogens is 405 g/mol. The van der Waals surface area contributed by atoms with Gasteiger partial charge in [0.2, 0.25) is 0 Å². The maximum absolute atomic E-state index is 14.9.